The smallest absolute Gasteiger partial charge is 0.307 e. The first kappa shape index (κ1) is 19.9. The molecule has 150 valence electrons. The molecule has 2 heterocycles. The van der Waals surface area contributed by atoms with Gasteiger partial charge in [0, 0.05) is 27.6 Å². The molecule has 2 aromatic carbocycles. The third-order valence-electron chi connectivity index (χ3n) is 4.11. The highest BCUT2D eigenvalue weighted by molar-refractivity contribution is 9.10. The monoisotopic (exact) mass is 487 g/mol. The minimum absolute atomic E-state index is 0.105. The number of furan rings is 2. The molecule has 0 unspecified atom stereocenters. The van der Waals surface area contributed by atoms with Crippen LogP contribution in [0.25, 0.3) is 22.3 Å². The van der Waals surface area contributed by atoms with Crippen LogP contribution in [0.15, 0.2) is 73.0 Å². The zero-order valence-electron chi connectivity index (χ0n) is 15.0. The number of carbonyl (C=O) groups excluding carboxylic acids is 1. The van der Waals surface area contributed by atoms with Gasteiger partial charge in [-0.05, 0) is 42.5 Å². The predicted octanol–water partition coefficient (Wildman–Crippen LogP) is 5.78. The van der Waals surface area contributed by atoms with Crippen molar-refractivity contribution in [3.05, 3.63) is 85.7 Å². The number of nitrogens with one attached hydrogen (secondary N) is 1. The van der Waals surface area contributed by atoms with Crippen molar-refractivity contribution in [2.45, 2.75) is 0 Å². The van der Waals surface area contributed by atoms with Crippen molar-refractivity contribution in [2.75, 3.05) is 0 Å². The van der Waals surface area contributed by atoms with Gasteiger partial charge in [0.15, 0.2) is 5.76 Å². The highest BCUT2D eigenvalue weighted by atomic mass is 79.9. The van der Waals surface area contributed by atoms with Gasteiger partial charge in [0.1, 0.15) is 17.1 Å². The number of non-ortho nitro benzene ring substituents is 1. The lowest BCUT2D eigenvalue weighted by molar-refractivity contribution is -0.384. The lowest BCUT2D eigenvalue weighted by Crippen LogP contribution is -2.16. The van der Waals surface area contributed by atoms with Gasteiger partial charge in [-0.25, -0.2) is 5.43 Å². The van der Waals surface area contributed by atoms with Gasteiger partial charge in [-0.2, -0.15) is 5.10 Å². The topological polar surface area (TPSA) is 111 Å². The molecule has 0 aliphatic heterocycles. The summed E-state index contributed by atoms with van der Waals surface area (Å²) >= 11 is 9.48. The Kier molecular flexibility index (Phi) is 5.39. The number of hydrazone groups is 1. The van der Waals surface area contributed by atoms with E-state index in [0.29, 0.717) is 27.7 Å². The van der Waals surface area contributed by atoms with E-state index in [1.54, 1.807) is 24.3 Å². The zero-order chi connectivity index (χ0) is 21.3. The summed E-state index contributed by atoms with van der Waals surface area (Å²) in [6.07, 6.45) is 1.30. The quantitative estimate of drug-likeness (QED) is 0.217. The molecule has 1 amide bonds. The van der Waals surface area contributed by atoms with Crippen LogP contribution in [0.3, 0.4) is 0 Å². The minimum atomic E-state index is -0.521. The molecule has 4 aromatic rings. The molecule has 0 aliphatic carbocycles. The number of halogens is 2. The van der Waals surface area contributed by atoms with Crippen molar-refractivity contribution in [3.8, 4) is 11.3 Å². The molecule has 0 fully saturated rings. The number of rotatable bonds is 5. The number of hydrogen-bond donors (Lipinski definition) is 1. The summed E-state index contributed by atoms with van der Waals surface area (Å²) in [5.41, 5.74) is 3.21. The largest absolute Gasteiger partial charge is 0.455 e. The first-order chi connectivity index (χ1) is 14.4. The fourth-order valence-electron chi connectivity index (χ4n) is 2.72. The van der Waals surface area contributed by atoms with Gasteiger partial charge in [0.2, 0.25) is 0 Å². The summed E-state index contributed by atoms with van der Waals surface area (Å²) < 4.78 is 12.0. The number of hydrogen-bond acceptors (Lipinski definition) is 6. The van der Waals surface area contributed by atoms with E-state index >= 15 is 0 Å². The first-order valence-corrected chi connectivity index (χ1v) is 9.64. The molecule has 4 rings (SSSR count). The molecule has 2 aromatic heterocycles. The van der Waals surface area contributed by atoms with Gasteiger partial charge in [-0.3, -0.25) is 14.9 Å². The van der Waals surface area contributed by atoms with Gasteiger partial charge < -0.3 is 8.83 Å². The molecule has 0 saturated carbocycles. The maximum absolute atomic E-state index is 12.2. The van der Waals surface area contributed by atoms with Gasteiger partial charge in [-0.1, -0.05) is 27.5 Å². The second kappa shape index (κ2) is 8.13. The second-order valence-electron chi connectivity index (χ2n) is 6.12. The maximum Gasteiger partial charge on any atom is 0.307 e. The third kappa shape index (κ3) is 4.12. The number of amides is 1. The average Bonchev–Trinajstić information content (AvgIpc) is 3.34. The summed E-state index contributed by atoms with van der Waals surface area (Å²) in [5, 5.41) is 15.9. The van der Waals surface area contributed by atoms with E-state index < -0.39 is 10.8 Å². The van der Waals surface area contributed by atoms with E-state index in [-0.39, 0.29) is 11.4 Å². The molecule has 0 aliphatic rings. The summed E-state index contributed by atoms with van der Waals surface area (Å²) in [7, 11) is 0. The summed E-state index contributed by atoms with van der Waals surface area (Å²) in [6.45, 7) is 0. The van der Waals surface area contributed by atoms with Crippen LogP contribution in [-0.2, 0) is 0 Å². The lowest BCUT2D eigenvalue weighted by atomic mass is 10.1. The summed E-state index contributed by atoms with van der Waals surface area (Å²) in [5.74, 6) is 0.247. The van der Waals surface area contributed by atoms with E-state index in [1.807, 2.05) is 12.1 Å². The van der Waals surface area contributed by atoms with Crippen molar-refractivity contribution in [3.63, 3.8) is 0 Å². The number of nitro groups is 1. The van der Waals surface area contributed by atoms with Gasteiger partial charge in [0.25, 0.3) is 5.69 Å². The fraction of sp³-hybridized carbons (Fsp3) is 0. The van der Waals surface area contributed by atoms with Crippen LogP contribution in [0.5, 0.6) is 0 Å². The molecule has 30 heavy (non-hydrogen) atoms. The SMILES string of the molecule is O=C(N/N=C/c1ccc(-c2cc([N+](=O)[O-])ccc2Cl)o1)c1cc2cc(Br)ccc2o1. The lowest BCUT2D eigenvalue weighted by Gasteiger charge is -2.00. The number of benzene rings is 2. The van der Waals surface area contributed by atoms with Crippen molar-refractivity contribution in [1.29, 1.82) is 0 Å². The Labute approximate surface area is 182 Å². The van der Waals surface area contributed by atoms with Crippen LogP contribution in [0.2, 0.25) is 5.02 Å². The molecule has 0 bridgehead atoms. The van der Waals surface area contributed by atoms with Crippen molar-refractivity contribution < 1.29 is 18.6 Å². The predicted molar refractivity (Wildman–Crippen MR) is 115 cm³/mol. The fourth-order valence-corrected chi connectivity index (χ4v) is 3.31. The standard InChI is InChI=1S/C20H11BrClN3O5/c21-12-1-5-17-11(7-12)8-19(30-17)20(26)24-23-10-14-3-6-18(29-14)15-9-13(25(27)28)2-4-16(15)22/h1-10H,(H,24,26)/b23-10+. The normalized spacial score (nSPS) is 11.3. The second-order valence-corrected chi connectivity index (χ2v) is 7.44. The van der Waals surface area contributed by atoms with E-state index in [4.69, 9.17) is 20.4 Å². The highest BCUT2D eigenvalue weighted by Crippen LogP contribution is 2.32. The van der Waals surface area contributed by atoms with Crippen molar-refractivity contribution in [2.24, 2.45) is 5.10 Å². The molecular formula is C20H11BrClN3O5. The van der Waals surface area contributed by atoms with E-state index in [0.717, 1.165) is 9.86 Å². The number of fused-ring (bicyclic) bond motifs is 1. The first-order valence-electron chi connectivity index (χ1n) is 8.47. The van der Waals surface area contributed by atoms with Crippen LogP contribution in [0, 0.1) is 10.1 Å². The Morgan fingerprint density at radius 3 is 2.77 bits per heavy atom. The van der Waals surface area contributed by atoms with Crippen LogP contribution in [-0.4, -0.2) is 17.0 Å². The number of nitrogens with zero attached hydrogens (tertiary/aromatic N) is 2. The molecule has 10 heteroatoms. The van der Waals surface area contributed by atoms with E-state index in [9.17, 15) is 14.9 Å². The molecule has 1 N–H and O–H groups in total. The molecule has 0 spiro atoms. The van der Waals surface area contributed by atoms with Crippen LogP contribution in [0.1, 0.15) is 16.3 Å². The summed E-state index contributed by atoms with van der Waals surface area (Å²) in [6, 6.07) is 14.3. The van der Waals surface area contributed by atoms with Gasteiger partial charge >= 0.3 is 5.91 Å². The van der Waals surface area contributed by atoms with Crippen LogP contribution < -0.4 is 5.43 Å². The Bertz CT molecular complexity index is 1310. The highest BCUT2D eigenvalue weighted by Gasteiger charge is 2.15. The Morgan fingerprint density at radius 2 is 1.97 bits per heavy atom. The Balaban J connectivity index is 1.47. The number of nitro benzene ring substituents is 1. The number of carbonyl (C=O) groups is 1. The van der Waals surface area contributed by atoms with Crippen LogP contribution >= 0.6 is 27.5 Å². The zero-order valence-corrected chi connectivity index (χ0v) is 17.3. The Hall–Kier alpha value is -3.43. The third-order valence-corrected chi connectivity index (χ3v) is 4.94. The average molecular weight is 489 g/mol. The summed E-state index contributed by atoms with van der Waals surface area (Å²) in [4.78, 5) is 22.7. The molecular weight excluding hydrogens is 478 g/mol. The maximum atomic E-state index is 12.2. The van der Waals surface area contributed by atoms with Crippen molar-refractivity contribution >= 4 is 56.3 Å². The Morgan fingerprint density at radius 1 is 1.13 bits per heavy atom. The van der Waals surface area contributed by atoms with E-state index in [1.165, 1.54) is 24.4 Å². The van der Waals surface area contributed by atoms with Gasteiger partial charge in [0.05, 0.1) is 16.2 Å². The van der Waals surface area contributed by atoms with Crippen LogP contribution in [0.4, 0.5) is 5.69 Å². The van der Waals surface area contributed by atoms with E-state index in [2.05, 4.69) is 26.5 Å². The molecule has 0 atom stereocenters. The molecule has 0 saturated heterocycles. The minimum Gasteiger partial charge on any atom is -0.455 e. The van der Waals surface area contributed by atoms with Gasteiger partial charge in [-0.15, -0.1) is 0 Å². The van der Waals surface area contributed by atoms with Crippen molar-refractivity contribution in [1.82, 2.24) is 5.43 Å². The molecule has 0 radical (unpaired) electrons. The molecule has 8 nitrogen and oxygen atoms in total.